The first-order chi connectivity index (χ1) is 9.20. The van der Waals surface area contributed by atoms with Gasteiger partial charge in [-0.2, -0.15) is 16.7 Å². The van der Waals surface area contributed by atoms with Gasteiger partial charge in [-0.05, 0) is 12.5 Å². The zero-order chi connectivity index (χ0) is 13.7. The van der Waals surface area contributed by atoms with E-state index < -0.39 is 0 Å². The van der Waals surface area contributed by atoms with E-state index in [1.165, 1.54) is 11.5 Å². The van der Waals surface area contributed by atoms with Gasteiger partial charge in [0.25, 0.3) is 0 Å². The minimum absolute atomic E-state index is 0.409. The SMILES string of the molecule is CCNC(Cc1nc(C2CSCCS2)no1)C(C)C. The summed E-state index contributed by atoms with van der Waals surface area (Å²) in [6.07, 6.45) is 0.822. The maximum absolute atomic E-state index is 5.42. The fraction of sp³-hybridized carbons (Fsp3) is 0.846. The van der Waals surface area contributed by atoms with Crippen LogP contribution in [-0.2, 0) is 6.42 Å². The topological polar surface area (TPSA) is 51.0 Å². The van der Waals surface area contributed by atoms with Crippen molar-refractivity contribution in [1.29, 1.82) is 0 Å². The average Bonchev–Trinajstić information content (AvgIpc) is 2.88. The molecule has 1 saturated heterocycles. The standard InChI is InChI=1S/C13H23N3OS2/c1-4-14-10(9(2)3)7-12-15-13(16-17-12)11-8-18-5-6-19-11/h9-11,14H,4-8H2,1-3H3. The first kappa shape index (κ1) is 15.2. The van der Waals surface area contributed by atoms with E-state index in [0.717, 1.165) is 30.4 Å². The third-order valence-electron chi connectivity index (χ3n) is 3.25. The Morgan fingerprint density at radius 3 is 2.89 bits per heavy atom. The quantitative estimate of drug-likeness (QED) is 0.872. The molecule has 108 valence electrons. The summed E-state index contributed by atoms with van der Waals surface area (Å²) >= 11 is 3.92. The summed E-state index contributed by atoms with van der Waals surface area (Å²) in [7, 11) is 0. The summed E-state index contributed by atoms with van der Waals surface area (Å²) in [5, 5.41) is 8.06. The number of hydrogen-bond donors (Lipinski definition) is 1. The minimum atomic E-state index is 0.409. The van der Waals surface area contributed by atoms with Crippen molar-refractivity contribution in [3.8, 4) is 0 Å². The Morgan fingerprint density at radius 2 is 2.26 bits per heavy atom. The van der Waals surface area contributed by atoms with Crippen LogP contribution in [0, 0.1) is 5.92 Å². The molecule has 0 spiro atoms. The van der Waals surface area contributed by atoms with Crippen LogP contribution in [0.25, 0.3) is 0 Å². The fourth-order valence-corrected chi connectivity index (χ4v) is 4.70. The Kier molecular flexibility index (Phi) is 6.04. The molecule has 2 rings (SSSR count). The Morgan fingerprint density at radius 1 is 1.42 bits per heavy atom. The first-order valence-corrected chi connectivity index (χ1v) is 9.16. The van der Waals surface area contributed by atoms with Gasteiger partial charge in [-0.15, -0.1) is 11.8 Å². The van der Waals surface area contributed by atoms with E-state index in [4.69, 9.17) is 4.52 Å². The van der Waals surface area contributed by atoms with Crippen LogP contribution < -0.4 is 5.32 Å². The minimum Gasteiger partial charge on any atom is -0.339 e. The largest absolute Gasteiger partial charge is 0.339 e. The summed E-state index contributed by atoms with van der Waals surface area (Å²) in [4.78, 5) is 4.59. The van der Waals surface area contributed by atoms with E-state index in [1.54, 1.807) is 0 Å². The molecule has 0 bridgehead atoms. The number of hydrogen-bond acceptors (Lipinski definition) is 6. The van der Waals surface area contributed by atoms with Crippen LogP contribution in [0.5, 0.6) is 0 Å². The van der Waals surface area contributed by atoms with Crippen molar-refractivity contribution in [2.24, 2.45) is 5.92 Å². The average molecular weight is 301 g/mol. The van der Waals surface area contributed by atoms with Crippen molar-refractivity contribution >= 4 is 23.5 Å². The van der Waals surface area contributed by atoms with Gasteiger partial charge in [-0.3, -0.25) is 0 Å². The monoisotopic (exact) mass is 301 g/mol. The summed E-state index contributed by atoms with van der Waals surface area (Å²) in [6.45, 7) is 7.54. The molecule has 2 unspecified atom stereocenters. The molecule has 1 aromatic rings. The molecule has 19 heavy (non-hydrogen) atoms. The zero-order valence-corrected chi connectivity index (χ0v) is 13.5. The van der Waals surface area contributed by atoms with Gasteiger partial charge in [0, 0.05) is 29.7 Å². The molecule has 2 heterocycles. The van der Waals surface area contributed by atoms with Crippen LogP contribution in [0.3, 0.4) is 0 Å². The predicted molar refractivity (Wildman–Crippen MR) is 82.8 cm³/mol. The van der Waals surface area contributed by atoms with Crippen molar-refractivity contribution < 1.29 is 4.52 Å². The maximum Gasteiger partial charge on any atom is 0.228 e. The number of rotatable bonds is 6. The maximum atomic E-state index is 5.42. The molecule has 0 saturated carbocycles. The van der Waals surface area contributed by atoms with Crippen LogP contribution >= 0.6 is 23.5 Å². The molecule has 6 heteroatoms. The second-order valence-corrected chi connectivity index (χ2v) is 7.55. The van der Waals surface area contributed by atoms with Gasteiger partial charge in [0.2, 0.25) is 5.89 Å². The van der Waals surface area contributed by atoms with Crippen LogP contribution in [0.1, 0.15) is 37.7 Å². The van der Waals surface area contributed by atoms with Crippen LogP contribution in [0.2, 0.25) is 0 Å². The molecular weight excluding hydrogens is 278 g/mol. The number of likely N-dealkylation sites (N-methyl/N-ethyl adjacent to an activating group) is 1. The molecule has 1 aliphatic heterocycles. The van der Waals surface area contributed by atoms with Crippen LogP contribution in [-0.4, -0.2) is 40.0 Å². The van der Waals surface area contributed by atoms with Crippen molar-refractivity contribution in [2.75, 3.05) is 23.8 Å². The molecule has 1 aliphatic rings. The van der Waals surface area contributed by atoms with Crippen molar-refractivity contribution in [3.05, 3.63) is 11.7 Å². The van der Waals surface area contributed by atoms with Crippen LogP contribution in [0.4, 0.5) is 0 Å². The Labute approximate surface area is 123 Å². The number of aromatic nitrogens is 2. The lowest BCUT2D eigenvalue weighted by Crippen LogP contribution is -2.35. The molecule has 1 N–H and O–H groups in total. The molecular formula is C13H23N3OS2. The lowest BCUT2D eigenvalue weighted by molar-refractivity contribution is 0.327. The number of nitrogens with one attached hydrogen (secondary N) is 1. The van der Waals surface area contributed by atoms with Gasteiger partial charge in [-0.25, -0.2) is 0 Å². The molecule has 0 amide bonds. The van der Waals surface area contributed by atoms with Gasteiger partial charge >= 0.3 is 0 Å². The second kappa shape index (κ2) is 7.55. The van der Waals surface area contributed by atoms with E-state index >= 15 is 0 Å². The number of nitrogens with zero attached hydrogens (tertiary/aromatic N) is 2. The highest BCUT2D eigenvalue weighted by Crippen LogP contribution is 2.35. The summed E-state index contributed by atoms with van der Waals surface area (Å²) in [5.41, 5.74) is 0. The number of thioether (sulfide) groups is 2. The fourth-order valence-electron chi connectivity index (χ4n) is 2.11. The van der Waals surface area contributed by atoms with Crippen molar-refractivity contribution in [1.82, 2.24) is 15.5 Å². The molecule has 0 aromatic carbocycles. The lowest BCUT2D eigenvalue weighted by atomic mass is 10.0. The Bertz CT molecular complexity index is 378. The molecule has 1 aromatic heterocycles. The Balaban J connectivity index is 1.95. The lowest BCUT2D eigenvalue weighted by Gasteiger charge is -2.19. The first-order valence-electron chi connectivity index (χ1n) is 6.96. The van der Waals surface area contributed by atoms with E-state index in [0.29, 0.717) is 17.2 Å². The molecule has 0 aliphatic carbocycles. The normalized spacial score (nSPS) is 21.8. The Hall–Kier alpha value is -0.200. The predicted octanol–water partition coefficient (Wildman–Crippen LogP) is 2.77. The molecule has 1 fully saturated rings. The zero-order valence-electron chi connectivity index (χ0n) is 11.9. The van der Waals surface area contributed by atoms with E-state index in [2.05, 4.69) is 36.2 Å². The van der Waals surface area contributed by atoms with Gasteiger partial charge in [0.15, 0.2) is 5.82 Å². The highest BCUT2D eigenvalue weighted by Gasteiger charge is 2.23. The van der Waals surface area contributed by atoms with E-state index in [-0.39, 0.29) is 0 Å². The van der Waals surface area contributed by atoms with Gasteiger partial charge in [0.1, 0.15) is 0 Å². The highest BCUT2D eigenvalue weighted by atomic mass is 32.2. The van der Waals surface area contributed by atoms with Gasteiger partial charge in [-0.1, -0.05) is 25.9 Å². The summed E-state index contributed by atoms with van der Waals surface area (Å²) in [5.74, 6) is 5.74. The third kappa shape index (κ3) is 4.39. The summed E-state index contributed by atoms with van der Waals surface area (Å²) in [6, 6.07) is 0.409. The van der Waals surface area contributed by atoms with Crippen molar-refractivity contribution in [2.45, 2.75) is 38.5 Å². The van der Waals surface area contributed by atoms with Gasteiger partial charge < -0.3 is 9.84 Å². The van der Waals surface area contributed by atoms with Gasteiger partial charge in [0.05, 0.1) is 5.25 Å². The second-order valence-electron chi connectivity index (χ2n) is 5.09. The molecule has 4 nitrogen and oxygen atoms in total. The molecule has 0 radical (unpaired) electrons. The van der Waals surface area contributed by atoms with Crippen LogP contribution in [0.15, 0.2) is 4.52 Å². The van der Waals surface area contributed by atoms with E-state index in [1.807, 2.05) is 23.5 Å². The van der Waals surface area contributed by atoms with E-state index in [9.17, 15) is 0 Å². The highest BCUT2D eigenvalue weighted by molar-refractivity contribution is 8.06. The third-order valence-corrected chi connectivity index (χ3v) is 6.00. The summed E-state index contributed by atoms with van der Waals surface area (Å²) < 4.78 is 5.42. The van der Waals surface area contributed by atoms with Crippen molar-refractivity contribution in [3.63, 3.8) is 0 Å². The smallest absolute Gasteiger partial charge is 0.228 e. The molecule has 2 atom stereocenters.